The summed E-state index contributed by atoms with van der Waals surface area (Å²) < 4.78 is 22.3. The summed E-state index contributed by atoms with van der Waals surface area (Å²) in [6.45, 7) is 3.85. The van der Waals surface area contributed by atoms with Crippen molar-refractivity contribution in [2.45, 2.75) is 13.8 Å². The van der Waals surface area contributed by atoms with Crippen LogP contribution in [0.1, 0.15) is 11.1 Å². The molecule has 6 nitrogen and oxygen atoms in total. The minimum absolute atomic E-state index is 0.313. The second-order valence-electron chi connectivity index (χ2n) is 8.29. The quantitative estimate of drug-likeness (QED) is 0.149. The van der Waals surface area contributed by atoms with Crippen molar-refractivity contribution in [2.24, 2.45) is 0 Å². The predicted octanol–water partition coefficient (Wildman–Crippen LogP) is 7.77. The van der Waals surface area contributed by atoms with Gasteiger partial charge in [-0.2, -0.15) is 0 Å². The van der Waals surface area contributed by atoms with E-state index in [9.17, 15) is 9.59 Å². The average molecular weight is 479 g/mol. The van der Waals surface area contributed by atoms with E-state index in [1.807, 2.05) is 62.4 Å². The Morgan fingerprint density at radius 1 is 0.472 bits per heavy atom. The lowest BCUT2D eigenvalue weighted by Crippen LogP contribution is -2.16. The lowest BCUT2D eigenvalue weighted by atomic mass is 9.98. The molecule has 5 aromatic carbocycles. The highest BCUT2D eigenvalue weighted by Crippen LogP contribution is 2.44. The van der Waals surface area contributed by atoms with E-state index in [0.29, 0.717) is 44.5 Å². The Bertz CT molecular complexity index is 1460. The van der Waals surface area contributed by atoms with Crippen molar-refractivity contribution < 1.29 is 28.5 Å². The van der Waals surface area contributed by atoms with Gasteiger partial charge < -0.3 is 18.9 Å². The summed E-state index contributed by atoms with van der Waals surface area (Å²) in [5, 5.41) is 2.37. The van der Waals surface area contributed by atoms with E-state index in [4.69, 9.17) is 18.9 Å². The second-order valence-corrected chi connectivity index (χ2v) is 8.29. The fourth-order valence-corrected chi connectivity index (χ4v) is 3.98. The van der Waals surface area contributed by atoms with Crippen molar-refractivity contribution in [2.75, 3.05) is 0 Å². The van der Waals surface area contributed by atoms with Crippen molar-refractivity contribution in [3.63, 3.8) is 0 Å². The van der Waals surface area contributed by atoms with Gasteiger partial charge in [0.15, 0.2) is 0 Å². The maximum absolute atomic E-state index is 12.7. The highest BCUT2D eigenvalue weighted by molar-refractivity contribution is 6.12. The molecule has 178 valence electrons. The first kappa shape index (κ1) is 22.9. The number of hydrogen-bond acceptors (Lipinski definition) is 6. The Morgan fingerprint density at radius 3 is 1.25 bits per heavy atom. The van der Waals surface area contributed by atoms with Crippen molar-refractivity contribution in [1.82, 2.24) is 0 Å². The van der Waals surface area contributed by atoms with Crippen LogP contribution >= 0.6 is 0 Å². The Balaban J connectivity index is 1.60. The van der Waals surface area contributed by atoms with Crippen LogP contribution in [0.15, 0.2) is 97.1 Å². The Kier molecular flexibility index (Phi) is 6.24. The fraction of sp³-hybridized carbons (Fsp3) is 0.0667. The number of aryl methyl sites for hydroxylation is 2. The van der Waals surface area contributed by atoms with Crippen LogP contribution in [0.25, 0.3) is 21.5 Å². The Labute approximate surface area is 207 Å². The zero-order chi connectivity index (χ0) is 25.1. The molecule has 36 heavy (non-hydrogen) atoms. The smallest absolute Gasteiger partial charge is 0.395 e. The van der Waals surface area contributed by atoms with E-state index in [1.54, 1.807) is 48.5 Å². The number of rotatable bonds is 4. The van der Waals surface area contributed by atoms with Gasteiger partial charge in [0.1, 0.15) is 23.0 Å². The zero-order valence-corrected chi connectivity index (χ0v) is 19.7. The third kappa shape index (κ3) is 4.83. The molecule has 0 bridgehead atoms. The number of hydrogen-bond donors (Lipinski definition) is 0. The van der Waals surface area contributed by atoms with Crippen molar-refractivity contribution in [3.8, 4) is 23.0 Å². The Hall–Kier alpha value is -4.84. The standard InChI is InChI=1S/C30H22O6/c1-19-13-15-23-25(17-19)27(35-29(31)33-21-9-5-3-6-10-21)24-16-14-20(2)18-26(24)28(23)36-30(32)34-22-11-7-4-8-12-22/h3-18H,1-2H3. The summed E-state index contributed by atoms with van der Waals surface area (Å²) in [5.41, 5.74) is 1.88. The summed E-state index contributed by atoms with van der Waals surface area (Å²) in [6.07, 6.45) is -1.74. The summed E-state index contributed by atoms with van der Waals surface area (Å²) in [5.74, 6) is 1.36. The number of para-hydroxylation sites is 2. The van der Waals surface area contributed by atoms with Crippen molar-refractivity contribution >= 4 is 33.9 Å². The maximum atomic E-state index is 12.7. The molecule has 0 aliphatic carbocycles. The molecule has 0 aliphatic rings. The van der Waals surface area contributed by atoms with Gasteiger partial charge >= 0.3 is 12.3 Å². The van der Waals surface area contributed by atoms with Gasteiger partial charge in [0.2, 0.25) is 0 Å². The average Bonchev–Trinajstić information content (AvgIpc) is 2.87. The summed E-state index contributed by atoms with van der Waals surface area (Å²) in [7, 11) is 0. The van der Waals surface area contributed by atoms with E-state index in [-0.39, 0.29) is 0 Å². The topological polar surface area (TPSA) is 71.1 Å². The molecule has 0 saturated heterocycles. The van der Waals surface area contributed by atoms with Crippen LogP contribution in [0.4, 0.5) is 9.59 Å². The molecule has 0 saturated carbocycles. The van der Waals surface area contributed by atoms with Gasteiger partial charge in [-0.25, -0.2) is 9.59 Å². The minimum atomic E-state index is -0.872. The molecule has 6 heteroatoms. The van der Waals surface area contributed by atoms with Gasteiger partial charge in [-0.1, -0.05) is 71.8 Å². The highest BCUT2D eigenvalue weighted by Gasteiger charge is 2.22. The van der Waals surface area contributed by atoms with Crippen LogP contribution in [0, 0.1) is 13.8 Å². The van der Waals surface area contributed by atoms with Gasteiger partial charge in [-0.15, -0.1) is 0 Å². The van der Waals surface area contributed by atoms with Crippen LogP contribution in [-0.2, 0) is 0 Å². The minimum Gasteiger partial charge on any atom is -0.395 e. The molecule has 0 N–H and O–H groups in total. The molecule has 0 aliphatic heterocycles. The third-order valence-corrected chi connectivity index (χ3v) is 5.59. The molecule has 0 spiro atoms. The molecule has 0 aromatic heterocycles. The van der Waals surface area contributed by atoms with Crippen LogP contribution < -0.4 is 18.9 Å². The lowest BCUT2D eigenvalue weighted by Gasteiger charge is -2.17. The van der Waals surface area contributed by atoms with E-state index in [0.717, 1.165) is 11.1 Å². The zero-order valence-electron chi connectivity index (χ0n) is 19.7. The summed E-state index contributed by atoms with van der Waals surface area (Å²) >= 11 is 0. The molecule has 0 heterocycles. The molecule has 5 rings (SSSR count). The van der Waals surface area contributed by atoms with Gasteiger partial charge in [0, 0.05) is 21.5 Å². The SMILES string of the molecule is Cc1ccc2c(OC(=O)Oc3ccccc3)c3cc(C)ccc3c(OC(=O)Oc3ccccc3)c2c1. The largest absolute Gasteiger partial charge is 0.519 e. The van der Waals surface area contributed by atoms with E-state index in [2.05, 4.69) is 0 Å². The first-order valence-corrected chi connectivity index (χ1v) is 11.3. The van der Waals surface area contributed by atoms with Gasteiger partial charge in [0.25, 0.3) is 0 Å². The maximum Gasteiger partial charge on any atom is 0.519 e. The van der Waals surface area contributed by atoms with Crippen molar-refractivity contribution in [1.29, 1.82) is 0 Å². The second kappa shape index (κ2) is 9.80. The molecule has 0 amide bonds. The first-order valence-electron chi connectivity index (χ1n) is 11.3. The van der Waals surface area contributed by atoms with E-state index >= 15 is 0 Å². The van der Waals surface area contributed by atoms with Crippen LogP contribution in [0.3, 0.4) is 0 Å². The van der Waals surface area contributed by atoms with Crippen molar-refractivity contribution in [3.05, 3.63) is 108 Å². The molecule has 0 fully saturated rings. The molecule has 0 radical (unpaired) electrons. The van der Waals surface area contributed by atoms with Crippen LogP contribution in [0.2, 0.25) is 0 Å². The lowest BCUT2D eigenvalue weighted by molar-refractivity contribution is 0.151. The number of fused-ring (bicyclic) bond motifs is 2. The van der Waals surface area contributed by atoms with E-state index in [1.165, 1.54) is 0 Å². The number of ether oxygens (including phenoxy) is 4. The van der Waals surface area contributed by atoms with Crippen LogP contribution in [0.5, 0.6) is 23.0 Å². The molecular formula is C30H22O6. The number of benzene rings is 5. The molecular weight excluding hydrogens is 456 g/mol. The normalized spacial score (nSPS) is 10.7. The molecule has 0 unspecified atom stereocenters. The fourth-order valence-electron chi connectivity index (χ4n) is 3.98. The first-order chi connectivity index (χ1) is 17.5. The predicted molar refractivity (Wildman–Crippen MR) is 137 cm³/mol. The number of carbonyl (C=O) groups excluding carboxylic acids is 2. The van der Waals surface area contributed by atoms with Gasteiger partial charge in [0.05, 0.1) is 0 Å². The third-order valence-electron chi connectivity index (χ3n) is 5.59. The number of carbonyl (C=O) groups is 2. The van der Waals surface area contributed by atoms with Crippen LogP contribution in [-0.4, -0.2) is 12.3 Å². The van der Waals surface area contributed by atoms with Gasteiger partial charge in [-0.05, 0) is 50.2 Å². The monoisotopic (exact) mass is 478 g/mol. The molecule has 0 atom stereocenters. The van der Waals surface area contributed by atoms with Gasteiger partial charge in [-0.3, -0.25) is 0 Å². The summed E-state index contributed by atoms with van der Waals surface area (Å²) in [6, 6.07) is 28.6. The summed E-state index contributed by atoms with van der Waals surface area (Å²) in [4.78, 5) is 25.5. The molecule has 5 aromatic rings. The highest BCUT2D eigenvalue weighted by atomic mass is 16.7. The van der Waals surface area contributed by atoms with E-state index < -0.39 is 12.3 Å². The Morgan fingerprint density at radius 2 is 0.861 bits per heavy atom.